The molecule has 2 atom stereocenters. The Balaban J connectivity index is 1.51. The second-order valence-electron chi connectivity index (χ2n) is 5.30. The second kappa shape index (κ2) is 4.61. The van der Waals surface area contributed by atoms with Gasteiger partial charge in [0.15, 0.2) is 0 Å². The smallest absolute Gasteiger partial charge is 0.0739 e. The predicted molar refractivity (Wildman–Crippen MR) is 61.4 cm³/mol. The van der Waals surface area contributed by atoms with Gasteiger partial charge in [0.25, 0.3) is 0 Å². The van der Waals surface area contributed by atoms with Crippen LogP contribution in [-0.2, 0) is 4.74 Å². The minimum Gasteiger partial charge on any atom is -0.391 e. The Hall–Kier alpha value is -0.160. The van der Waals surface area contributed by atoms with E-state index in [-0.39, 0.29) is 12.1 Å². The monoisotopic (exact) mass is 226 g/mol. The highest BCUT2D eigenvalue weighted by Gasteiger charge is 2.35. The standard InChI is InChI=1S/C12H22N2O2/c15-12-3-8-16-9-11(12)14-6-4-13(5-7-14)10-1-2-10/h10-12,15H,1-9H2. The summed E-state index contributed by atoms with van der Waals surface area (Å²) in [4.78, 5) is 5.02. The van der Waals surface area contributed by atoms with Gasteiger partial charge in [0.1, 0.15) is 0 Å². The van der Waals surface area contributed by atoms with Crippen molar-refractivity contribution in [3.63, 3.8) is 0 Å². The lowest BCUT2D eigenvalue weighted by atomic mass is 10.0. The first-order valence-corrected chi connectivity index (χ1v) is 6.58. The number of hydrogen-bond acceptors (Lipinski definition) is 4. The average Bonchev–Trinajstić information content (AvgIpc) is 3.14. The Morgan fingerprint density at radius 2 is 1.62 bits per heavy atom. The molecule has 2 unspecified atom stereocenters. The van der Waals surface area contributed by atoms with Crippen LogP contribution in [0.5, 0.6) is 0 Å². The van der Waals surface area contributed by atoms with E-state index in [2.05, 4.69) is 9.80 Å². The summed E-state index contributed by atoms with van der Waals surface area (Å²) in [6, 6.07) is 1.13. The van der Waals surface area contributed by atoms with Crippen molar-refractivity contribution in [1.82, 2.24) is 9.80 Å². The van der Waals surface area contributed by atoms with Crippen LogP contribution in [0.2, 0.25) is 0 Å². The summed E-state index contributed by atoms with van der Waals surface area (Å²) >= 11 is 0. The van der Waals surface area contributed by atoms with Crippen molar-refractivity contribution in [1.29, 1.82) is 0 Å². The maximum absolute atomic E-state index is 9.97. The van der Waals surface area contributed by atoms with E-state index >= 15 is 0 Å². The van der Waals surface area contributed by atoms with E-state index < -0.39 is 0 Å². The Kier molecular flexibility index (Phi) is 3.16. The normalized spacial score (nSPS) is 38.8. The number of aliphatic hydroxyl groups excluding tert-OH is 1. The van der Waals surface area contributed by atoms with Gasteiger partial charge in [-0.2, -0.15) is 0 Å². The van der Waals surface area contributed by atoms with Crippen LogP contribution in [0, 0.1) is 0 Å². The predicted octanol–water partition coefficient (Wildman–Crippen LogP) is -0.0838. The molecule has 92 valence electrons. The van der Waals surface area contributed by atoms with E-state index in [9.17, 15) is 5.11 Å². The summed E-state index contributed by atoms with van der Waals surface area (Å²) < 4.78 is 5.48. The van der Waals surface area contributed by atoms with Crippen molar-refractivity contribution < 1.29 is 9.84 Å². The Labute approximate surface area is 97.2 Å². The molecule has 1 aliphatic carbocycles. The highest BCUT2D eigenvalue weighted by molar-refractivity contribution is 4.90. The number of ether oxygens (including phenoxy) is 1. The van der Waals surface area contributed by atoms with Crippen LogP contribution in [0.4, 0.5) is 0 Å². The lowest BCUT2D eigenvalue weighted by Crippen LogP contribution is -2.57. The van der Waals surface area contributed by atoms with Gasteiger partial charge in [-0.3, -0.25) is 9.80 Å². The van der Waals surface area contributed by atoms with Gasteiger partial charge in [-0.05, 0) is 19.3 Å². The molecule has 4 nitrogen and oxygen atoms in total. The molecule has 2 heterocycles. The first-order chi connectivity index (χ1) is 7.84. The van der Waals surface area contributed by atoms with Crippen LogP contribution >= 0.6 is 0 Å². The third-order valence-electron chi connectivity index (χ3n) is 4.17. The van der Waals surface area contributed by atoms with Crippen LogP contribution in [0.1, 0.15) is 19.3 Å². The minimum absolute atomic E-state index is 0.179. The van der Waals surface area contributed by atoms with Gasteiger partial charge < -0.3 is 9.84 Å². The van der Waals surface area contributed by atoms with Crippen molar-refractivity contribution >= 4 is 0 Å². The number of rotatable bonds is 2. The molecule has 0 aromatic heterocycles. The van der Waals surface area contributed by atoms with E-state index in [0.29, 0.717) is 6.61 Å². The van der Waals surface area contributed by atoms with E-state index in [1.807, 2.05) is 0 Å². The number of piperazine rings is 1. The van der Waals surface area contributed by atoms with Crippen LogP contribution in [-0.4, -0.2) is 72.5 Å². The van der Waals surface area contributed by atoms with E-state index in [1.165, 1.54) is 25.9 Å². The molecule has 16 heavy (non-hydrogen) atoms. The molecule has 0 aromatic rings. The van der Waals surface area contributed by atoms with Crippen LogP contribution in [0.25, 0.3) is 0 Å². The molecule has 2 aliphatic heterocycles. The average molecular weight is 226 g/mol. The van der Waals surface area contributed by atoms with Gasteiger partial charge in [0.2, 0.25) is 0 Å². The molecular formula is C12H22N2O2. The van der Waals surface area contributed by atoms with Gasteiger partial charge in [0.05, 0.1) is 18.8 Å². The summed E-state index contributed by atoms with van der Waals surface area (Å²) in [6.45, 7) is 5.98. The van der Waals surface area contributed by atoms with Gasteiger partial charge in [-0.15, -0.1) is 0 Å². The van der Waals surface area contributed by atoms with Crippen molar-refractivity contribution in [2.45, 2.75) is 37.5 Å². The molecule has 3 rings (SSSR count). The molecule has 0 radical (unpaired) electrons. The Bertz CT molecular complexity index is 237. The first-order valence-electron chi connectivity index (χ1n) is 6.58. The van der Waals surface area contributed by atoms with E-state index in [0.717, 1.165) is 32.2 Å². The van der Waals surface area contributed by atoms with Crippen LogP contribution < -0.4 is 0 Å². The molecule has 4 heteroatoms. The van der Waals surface area contributed by atoms with E-state index in [1.54, 1.807) is 0 Å². The van der Waals surface area contributed by atoms with Crippen molar-refractivity contribution in [3.8, 4) is 0 Å². The lowest BCUT2D eigenvalue weighted by molar-refractivity contribution is -0.0720. The van der Waals surface area contributed by atoms with Crippen molar-refractivity contribution in [2.24, 2.45) is 0 Å². The highest BCUT2D eigenvalue weighted by atomic mass is 16.5. The Morgan fingerprint density at radius 3 is 2.25 bits per heavy atom. The van der Waals surface area contributed by atoms with Crippen molar-refractivity contribution in [3.05, 3.63) is 0 Å². The molecule has 0 aromatic carbocycles. The zero-order valence-electron chi connectivity index (χ0n) is 9.85. The van der Waals surface area contributed by atoms with Gasteiger partial charge in [-0.25, -0.2) is 0 Å². The molecule has 1 N–H and O–H groups in total. The fraction of sp³-hybridized carbons (Fsp3) is 1.00. The molecular weight excluding hydrogens is 204 g/mol. The van der Waals surface area contributed by atoms with Gasteiger partial charge >= 0.3 is 0 Å². The van der Waals surface area contributed by atoms with E-state index in [4.69, 9.17) is 4.74 Å². The lowest BCUT2D eigenvalue weighted by Gasteiger charge is -2.42. The largest absolute Gasteiger partial charge is 0.391 e. The van der Waals surface area contributed by atoms with Crippen LogP contribution in [0.15, 0.2) is 0 Å². The third kappa shape index (κ3) is 2.25. The number of aliphatic hydroxyl groups is 1. The summed E-state index contributed by atoms with van der Waals surface area (Å²) in [5.41, 5.74) is 0. The maximum atomic E-state index is 9.97. The first kappa shape index (κ1) is 11.0. The maximum Gasteiger partial charge on any atom is 0.0739 e. The zero-order chi connectivity index (χ0) is 11.0. The van der Waals surface area contributed by atoms with Gasteiger partial charge in [-0.1, -0.05) is 0 Å². The summed E-state index contributed by atoms with van der Waals surface area (Å²) in [6.07, 6.45) is 3.42. The highest BCUT2D eigenvalue weighted by Crippen LogP contribution is 2.28. The third-order valence-corrected chi connectivity index (χ3v) is 4.17. The fourth-order valence-electron chi connectivity index (χ4n) is 2.93. The summed E-state index contributed by atoms with van der Waals surface area (Å²) in [5.74, 6) is 0. The summed E-state index contributed by atoms with van der Waals surface area (Å²) in [5, 5.41) is 9.97. The molecule has 0 amide bonds. The molecule has 1 saturated carbocycles. The zero-order valence-corrected chi connectivity index (χ0v) is 9.85. The Morgan fingerprint density at radius 1 is 0.938 bits per heavy atom. The van der Waals surface area contributed by atoms with Crippen LogP contribution in [0.3, 0.4) is 0 Å². The molecule has 0 bridgehead atoms. The van der Waals surface area contributed by atoms with Gasteiger partial charge in [0, 0.05) is 38.8 Å². The quantitative estimate of drug-likeness (QED) is 0.714. The minimum atomic E-state index is -0.179. The number of nitrogens with zero attached hydrogens (tertiary/aromatic N) is 2. The summed E-state index contributed by atoms with van der Waals surface area (Å²) in [7, 11) is 0. The SMILES string of the molecule is OC1CCOCC1N1CCN(C2CC2)CC1. The second-order valence-corrected chi connectivity index (χ2v) is 5.30. The molecule has 3 aliphatic rings. The molecule has 2 saturated heterocycles. The molecule has 3 fully saturated rings. The fourth-order valence-corrected chi connectivity index (χ4v) is 2.93. The number of hydrogen-bond donors (Lipinski definition) is 1. The topological polar surface area (TPSA) is 35.9 Å². The molecule has 0 spiro atoms. The van der Waals surface area contributed by atoms with Crippen molar-refractivity contribution in [2.75, 3.05) is 39.4 Å².